The molecule has 3 rings (SSSR count). The highest BCUT2D eigenvalue weighted by atomic mass is 35.5. The van der Waals surface area contributed by atoms with Gasteiger partial charge in [-0.05, 0) is 43.5 Å². The first-order chi connectivity index (χ1) is 8.77. The van der Waals surface area contributed by atoms with E-state index in [9.17, 15) is 0 Å². The SMILES string of the molecule is C[C@H](c1ccccc1)[N+]1=C(N)S[C@H]2CCCC[C@@H]21.[Cl-]. The first-order valence-electron chi connectivity index (χ1n) is 6.90. The minimum absolute atomic E-state index is 0. The van der Waals surface area contributed by atoms with Crippen LogP contribution >= 0.6 is 11.8 Å². The van der Waals surface area contributed by atoms with Crippen LogP contribution in [0, 0.1) is 0 Å². The van der Waals surface area contributed by atoms with Crippen molar-refractivity contribution >= 4 is 16.9 Å². The van der Waals surface area contributed by atoms with Crippen molar-refractivity contribution < 1.29 is 17.0 Å². The average molecular weight is 297 g/mol. The van der Waals surface area contributed by atoms with Crippen LogP contribution in [0.4, 0.5) is 0 Å². The standard InChI is InChI=1S/C15H20N2S.ClH/c1-11(12-7-3-2-4-8-12)17-13-9-5-6-10-14(13)18-15(17)16;/h2-4,7-8,11,13-14,16H,5-6,9-10H2,1H3;1H/t11-,13+,14+;/m1./s1. The zero-order chi connectivity index (χ0) is 12.5. The van der Waals surface area contributed by atoms with Gasteiger partial charge in [-0.2, -0.15) is 0 Å². The smallest absolute Gasteiger partial charge is 0.305 e. The first kappa shape index (κ1) is 14.7. The van der Waals surface area contributed by atoms with Crippen molar-refractivity contribution in [1.82, 2.24) is 0 Å². The fraction of sp³-hybridized carbons (Fsp3) is 0.533. The molecule has 2 N–H and O–H groups in total. The Morgan fingerprint density at radius 3 is 2.63 bits per heavy atom. The van der Waals surface area contributed by atoms with Crippen molar-refractivity contribution in [2.75, 3.05) is 0 Å². The van der Waals surface area contributed by atoms with Gasteiger partial charge in [0.25, 0.3) is 0 Å². The molecular formula is C15H21ClN2S. The minimum atomic E-state index is 0. The lowest BCUT2D eigenvalue weighted by atomic mass is 9.93. The van der Waals surface area contributed by atoms with E-state index in [0.717, 1.165) is 10.4 Å². The van der Waals surface area contributed by atoms with Crippen molar-refractivity contribution in [3.63, 3.8) is 0 Å². The molecular weight excluding hydrogens is 276 g/mol. The number of fused-ring (bicyclic) bond motifs is 1. The van der Waals surface area contributed by atoms with E-state index in [1.807, 2.05) is 11.8 Å². The predicted octanol–water partition coefficient (Wildman–Crippen LogP) is 0.137. The summed E-state index contributed by atoms with van der Waals surface area (Å²) in [5.41, 5.74) is 7.65. The summed E-state index contributed by atoms with van der Waals surface area (Å²) in [5, 5.41) is 1.76. The van der Waals surface area contributed by atoms with Crippen molar-refractivity contribution in [2.24, 2.45) is 5.73 Å². The van der Waals surface area contributed by atoms with Crippen LogP contribution in [0.2, 0.25) is 0 Å². The highest BCUT2D eigenvalue weighted by molar-refractivity contribution is 8.14. The molecule has 4 heteroatoms. The molecule has 19 heavy (non-hydrogen) atoms. The second-order valence-corrected chi connectivity index (χ2v) is 6.60. The van der Waals surface area contributed by atoms with E-state index in [4.69, 9.17) is 5.73 Å². The first-order valence-corrected chi connectivity index (χ1v) is 7.77. The summed E-state index contributed by atoms with van der Waals surface area (Å²) in [4.78, 5) is 0. The monoisotopic (exact) mass is 296 g/mol. The van der Waals surface area contributed by atoms with Crippen LogP contribution in [0.5, 0.6) is 0 Å². The van der Waals surface area contributed by atoms with E-state index in [-0.39, 0.29) is 12.4 Å². The maximum absolute atomic E-state index is 6.28. The van der Waals surface area contributed by atoms with Crippen molar-refractivity contribution in [3.05, 3.63) is 35.9 Å². The van der Waals surface area contributed by atoms with Crippen LogP contribution in [0.1, 0.15) is 44.2 Å². The molecule has 2 nitrogen and oxygen atoms in total. The van der Waals surface area contributed by atoms with Gasteiger partial charge < -0.3 is 12.4 Å². The molecule has 1 aliphatic carbocycles. The Morgan fingerprint density at radius 2 is 1.89 bits per heavy atom. The number of thioether (sulfide) groups is 1. The summed E-state index contributed by atoms with van der Waals surface area (Å²) in [5.74, 6) is 0. The average Bonchev–Trinajstić information content (AvgIpc) is 2.75. The fourth-order valence-corrected chi connectivity index (χ4v) is 4.72. The molecule has 104 valence electrons. The molecule has 0 saturated heterocycles. The Labute approximate surface area is 125 Å². The van der Waals surface area contributed by atoms with E-state index >= 15 is 0 Å². The Balaban J connectivity index is 0.00000133. The van der Waals surface area contributed by atoms with Gasteiger partial charge in [0, 0.05) is 0 Å². The van der Waals surface area contributed by atoms with E-state index in [1.165, 1.54) is 31.2 Å². The summed E-state index contributed by atoms with van der Waals surface area (Å²) in [6.07, 6.45) is 5.35. The van der Waals surface area contributed by atoms with Gasteiger partial charge in [0.2, 0.25) is 0 Å². The maximum atomic E-state index is 6.28. The van der Waals surface area contributed by atoms with Gasteiger partial charge in [0.05, 0.1) is 5.25 Å². The number of nitrogens with zero attached hydrogens (tertiary/aromatic N) is 1. The largest absolute Gasteiger partial charge is 1.00 e. The Bertz CT molecular complexity index is 460. The normalized spacial score (nSPS) is 27.6. The molecule has 3 atom stereocenters. The molecule has 2 aliphatic rings. The van der Waals surface area contributed by atoms with Gasteiger partial charge in [-0.25, -0.2) is 4.58 Å². The summed E-state index contributed by atoms with van der Waals surface area (Å²) >= 11 is 1.90. The third-order valence-electron chi connectivity index (χ3n) is 4.25. The molecule has 0 bridgehead atoms. The Kier molecular flexibility index (Phi) is 4.80. The zero-order valence-corrected chi connectivity index (χ0v) is 12.8. The third kappa shape index (κ3) is 2.77. The summed E-state index contributed by atoms with van der Waals surface area (Å²) in [6.45, 7) is 2.28. The van der Waals surface area contributed by atoms with Gasteiger partial charge in [-0.3, -0.25) is 5.73 Å². The van der Waals surface area contributed by atoms with Crippen LogP contribution < -0.4 is 18.1 Å². The number of halogens is 1. The number of hydrogen-bond acceptors (Lipinski definition) is 2. The lowest BCUT2D eigenvalue weighted by molar-refractivity contribution is -0.601. The van der Waals surface area contributed by atoms with Gasteiger partial charge in [0.1, 0.15) is 12.1 Å². The third-order valence-corrected chi connectivity index (χ3v) is 5.56. The molecule has 0 unspecified atom stereocenters. The second kappa shape index (κ2) is 6.19. The number of hydrogen-bond donors (Lipinski definition) is 1. The van der Waals surface area contributed by atoms with Gasteiger partial charge in [0.15, 0.2) is 0 Å². The molecule has 1 saturated carbocycles. The van der Waals surface area contributed by atoms with E-state index in [1.54, 1.807) is 0 Å². The van der Waals surface area contributed by atoms with Crippen molar-refractivity contribution in [1.29, 1.82) is 0 Å². The van der Waals surface area contributed by atoms with Gasteiger partial charge in [-0.15, -0.1) is 0 Å². The Hall–Kier alpha value is -0.670. The second-order valence-electron chi connectivity index (χ2n) is 5.34. The van der Waals surface area contributed by atoms with E-state index < -0.39 is 0 Å². The minimum Gasteiger partial charge on any atom is -1.00 e. The van der Waals surface area contributed by atoms with Crippen LogP contribution in [-0.2, 0) is 0 Å². The zero-order valence-electron chi connectivity index (χ0n) is 11.3. The van der Waals surface area contributed by atoms with Crippen LogP contribution in [0.3, 0.4) is 0 Å². The predicted molar refractivity (Wildman–Crippen MR) is 77.9 cm³/mol. The molecule has 0 spiro atoms. The topological polar surface area (TPSA) is 29.0 Å². The summed E-state index contributed by atoms with van der Waals surface area (Å²) < 4.78 is 2.46. The van der Waals surface area contributed by atoms with Crippen molar-refractivity contribution in [2.45, 2.75) is 49.9 Å². The number of amidine groups is 1. The lowest BCUT2D eigenvalue weighted by Gasteiger charge is -2.27. The van der Waals surface area contributed by atoms with Gasteiger partial charge in [-0.1, -0.05) is 36.8 Å². The number of benzene rings is 1. The van der Waals surface area contributed by atoms with Crippen molar-refractivity contribution in [3.8, 4) is 0 Å². The quantitative estimate of drug-likeness (QED) is 0.787. The molecule has 0 amide bonds. The fourth-order valence-electron chi connectivity index (χ4n) is 3.28. The summed E-state index contributed by atoms with van der Waals surface area (Å²) in [6, 6.07) is 11.8. The lowest BCUT2D eigenvalue weighted by Crippen LogP contribution is -3.00. The molecule has 1 fully saturated rings. The van der Waals surface area contributed by atoms with Gasteiger partial charge >= 0.3 is 5.17 Å². The molecule has 1 heterocycles. The van der Waals surface area contributed by atoms with Crippen LogP contribution in [0.15, 0.2) is 30.3 Å². The molecule has 0 aromatic heterocycles. The molecule has 1 aromatic carbocycles. The number of rotatable bonds is 2. The van der Waals surface area contributed by atoms with Crippen LogP contribution in [0.25, 0.3) is 0 Å². The van der Waals surface area contributed by atoms with E-state index in [2.05, 4.69) is 41.8 Å². The highest BCUT2D eigenvalue weighted by Gasteiger charge is 2.42. The summed E-state index contributed by atoms with van der Waals surface area (Å²) in [7, 11) is 0. The number of nitrogens with two attached hydrogens (primary N) is 1. The Morgan fingerprint density at radius 1 is 1.21 bits per heavy atom. The molecule has 0 radical (unpaired) electrons. The maximum Gasteiger partial charge on any atom is 0.305 e. The van der Waals surface area contributed by atoms with Crippen LogP contribution in [-0.4, -0.2) is 21.0 Å². The highest BCUT2D eigenvalue weighted by Crippen LogP contribution is 2.38. The molecule has 1 aromatic rings. The van der Waals surface area contributed by atoms with E-state index in [0.29, 0.717) is 12.1 Å². The molecule has 1 aliphatic heterocycles.